The van der Waals surface area contributed by atoms with Crippen molar-refractivity contribution >= 4 is 34.7 Å². The van der Waals surface area contributed by atoms with E-state index in [9.17, 15) is 0 Å². The van der Waals surface area contributed by atoms with Gasteiger partial charge in [0.25, 0.3) is 11.7 Å². The van der Waals surface area contributed by atoms with Gasteiger partial charge in [-0.15, -0.1) is 9.98 Å². The predicted molar refractivity (Wildman–Crippen MR) is 139 cm³/mol. The average molecular weight is 457 g/mol. The number of nitrogens with one attached hydrogen (secondary N) is 2. The maximum Gasteiger partial charge on any atom is 0.269 e. The Morgan fingerprint density at radius 3 is 1.26 bits per heavy atom. The smallest absolute Gasteiger partial charge is 0.269 e. The average Bonchev–Trinajstić information content (AvgIpc) is 3.38. The number of fused-ring (bicyclic) bond motifs is 2. The van der Waals surface area contributed by atoms with Crippen molar-refractivity contribution in [2.24, 2.45) is 21.5 Å². The van der Waals surface area contributed by atoms with E-state index in [0.717, 1.165) is 51.7 Å². The fraction of sp³-hybridized carbons (Fsp3) is 0.0345. The van der Waals surface area contributed by atoms with Gasteiger partial charge in [0, 0.05) is 0 Å². The Morgan fingerprint density at radius 2 is 0.857 bits per heavy atom. The van der Waals surface area contributed by atoms with Crippen LogP contribution in [0.25, 0.3) is 0 Å². The van der Waals surface area contributed by atoms with Crippen molar-refractivity contribution in [2.75, 3.05) is 0 Å². The Hall–Kier alpha value is -4.84. The second kappa shape index (κ2) is 8.50. The summed E-state index contributed by atoms with van der Waals surface area (Å²) in [5, 5.41) is 0. The monoisotopic (exact) mass is 456 g/mol. The number of aliphatic imine (C=N–C) groups is 2. The summed E-state index contributed by atoms with van der Waals surface area (Å²) in [5.41, 5.74) is 20.4. The van der Waals surface area contributed by atoms with Crippen LogP contribution in [0.1, 0.15) is 33.4 Å². The van der Waals surface area contributed by atoms with Gasteiger partial charge >= 0.3 is 0 Å². The van der Waals surface area contributed by atoms with Gasteiger partial charge in [-0.25, -0.2) is 9.98 Å². The van der Waals surface area contributed by atoms with Crippen LogP contribution >= 0.6 is 0 Å². The van der Waals surface area contributed by atoms with Crippen LogP contribution in [0.4, 0.5) is 11.4 Å². The van der Waals surface area contributed by atoms with Crippen molar-refractivity contribution < 1.29 is 9.98 Å². The first kappa shape index (κ1) is 20.7. The number of nitrogen functional groups attached to an aromatic ring is 2. The van der Waals surface area contributed by atoms with Crippen LogP contribution in [0.2, 0.25) is 0 Å². The highest BCUT2D eigenvalue weighted by molar-refractivity contribution is 6.13. The van der Waals surface area contributed by atoms with Crippen molar-refractivity contribution in [2.45, 2.75) is 6.42 Å². The fourth-order valence-electron chi connectivity index (χ4n) is 4.42. The predicted octanol–water partition coefficient (Wildman–Crippen LogP) is 1.03. The number of hydrogen-bond donors (Lipinski definition) is 4. The lowest BCUT2D eigenvalue weighted by atomic mass is 10.0. The quantitative estimate of drug-likeness (QED) is 0.368. The highest BCUT2D eigenvalue weighted by Gasteiger charge is 2.24. The number of nitrogens with two attached hydrogens (primary N) is 2. The zero-order valence-electron chi connectivity index (χ0n) is 19.0. The van der Waals surface area contributed by atoms with Gasteiger partial charge in [0.15, 0.2) is 0 Å². The summed E-state index contributed by atoms with van der Waals surface area (Å²) in [4.78, 5) is 15.9. The molecule has 6 rings (SSSR count). The lowest BCUT2D eigenvalue weighted by molar-refractivity contribution is -0.311. The third-order valence-electron chi connectivity index (χ3n) is 6.21. The molecule has 2 aliphatic rings. The molecule has 2 heterocycles. The molecule has 0 saturated carbocycles. The molecule has 4 aromatic carbocycles. The minimum absolute atomic E-state index is 0.638. The summed E-state index contributed by atoms with van der Waals surface area (Å²) in [7, 11) is 0. The van der Waals surface area contributed by atoms with Gasteiger partial charge in [-0.2, -0.15) is 0 Å². The molecular formula is C29H24N6+2. The topological polar surface area (TPSA) is 105 Å². The molecule has 0 aliphatic carbocycles. The molecule has 0 aromatic heterocycles. The molecule has 0 fully saturated rings. The number of hydrogen-bond acceptors (Lipinski definition) is 4. The van der Waals surface area contributed by atoms with Crippen molar-refractivity contribution in [1.82, 2.24) is 0 Å². The summed E-state index contributed by atoms with van der Waals surface area (Å²) in [6, 6.07) is 32.6. The van der Waals surface area contributed by atoms with E-state index in [-0.39, 0.29) is 0 Å². The molecule has 0 spiro atoms. The van der Waals surface area contributed by atoms with Gasteiger partial charge < -0.3 is 11.5 Å². The SMILES string of the molecule is NC1=[NH+]C(=Nc2ccc(Cc3ccc(N=C4[NH+]=C(N)c5ccccc54)cc3)cc2)c2ccccc21. The summed E-state index contributed by atoms with van der Waals surface area (Å²) < 4.78 is 0. The first-order valence-electron chi connectivity index (χ1n) is 11.5. The molecule has 6 nitrogen and oxygen atoms in total. The van der Waals surface area contributed by atoms with Gasteiger partial charge in [-0.1, -0.05) is 48.5 Å². The number of nitrogens with zero attached hydrogens (tertiary/aromatic N) is 2. The highest BCUT2D eigenvalue weighted by atomic mass is 15.0. The standard InChI is InChI=1S/C29H22N6/c30-26-22-5-1-3-7-24(22)28(34-26)32-20-13-9-18(10-14-20)17-19-11-15-21(16-12-19)33-29-25-8-4-2-6-23(25)27(31)35-29/h1-16H,17H2,(H2,30,32,34)(H2,31,33,35)/p+2. The number of benzene rings is 4. The van der Waals surface area contributed by atoms with Crippen LogP contribution in [-0.4, -0.2) is 23.3 Å². The molecule has 6 heteroatoms. The van der Waals surface area contributed by atoms with E-state index in [1.54, 1.807) is 0 Å². The fourth-order valence-corrected chi connectivity index (χ4v) is 4.42. The molecule has 0 bridgehead atoms. The Labute approximate surface area is 203 Å². The first-order chi connectivity index (χ1) is 17.1. The van der Waals surface area contributed by atoms with Gasteiger partial charge in [0.05, 0.1) is 22.3 Å². The van der Waals surface area contributed by atoms with Crippen LogP contribution in [0.5, 0.6) is 0 Å². The Morgan fingerprint density at radius 1 is 0.486 bits per heavy atom. The van der Waals surface area contributed by atoms with Crippen molar-refractivity contribution in [3.63, 3.8) is 0 Å². The van der Waals surface area contributed by atoms with Crippen molar-refractivity contribution in [3.05, 3.63) is 130 Å². The summed E-state index contributed by atoms with van der Waals surface area (Å²) in [6.07, 6.45) is 0.831. The molecule has 0 radical (unpaired) electrons. The van der Waals surface area contributed by atoms with E-state index < -0.39 is 0 Å². The summed E-state index contributed by atoms with van der Waals surface area (Å²) in [5.74, 6) is 2.83. The van der Waals surface area contributed by atoms with E-state index in [4.69, 9.17) is 21.5 Å². The number of rotatable bonds is 4. The lowest BCUT2D eigenvalue weighted by Gasteiger charge is -2.02. The molecular weight excluding hydrogens is 432 g/mol. The van der Waals surface area contributed by atoms with Gasteiger partial charge in [0.2, 0.25) is 11.7 Å². The van der Waals surface area contributed by atoms with Crippen molar-refractivity contribution in [1.29, 1.82) is 0 Å². The molecule has 6 N–H and O–H groups in total. The van der Waals surface area contributed by atoms with Crippen LogP contribution < -0.4 is 21.5 Å². The summed E-state index contributed by atoms with van der Waals surface area (Å²) >= 11 is 0. The molecule has 0 atom stereocenters. The van der Waals surface area contributed by atoms with Crippen LogP contribution in [0, 0.1) is 0 Å². The van der Waals surface area contributed by atoms with E-state index in [0.29, 0.717) is 11.7 Å². The normalized spacial score (nSPS) is 16.2. The molecule has 168 valence electrons. The molecule has 4 aromatic rings. The Balaban J connectivity index is 1.17. The second-order valence-electron chi connectivity index (χ2n) is 8.60. The van der Waals surface area contributed by atoms with Crippen LogP contribution in [-0.2, 0) is 6.42 Å². The number of amidine groups is 4. The van der Waals surface area contributed by atoms with Crippen molar-refractivity contribution in [3.8, 4) is 0 Å². The zero-order valence-corrected chi connectivity index (χ0v) is 19.0. The lowest BCUT2D eigenvalue weighted by Crippen LogP contribution is -2.76. The van der Waals surface area contributed by atoms with E-state index in [2.05, 4.69) is 34.3 Å². The maximum absolute atomic E-state index is 6.09. The highest BCUT2D eigenvalue weighted by Crippen LogP contribution is 2.21. The third kappa shape index (κ3) is 4.02. The van der Waals surface area contributed by atoms with Gasteiger partial charge in [-0.3, -0.25) is 0 Å². The molecule has 2 aliphatic heterocycles. The molecule has 0 unspecified atom stereocenters. The van der Waals surface area contributed by atoms with Gasteiger partial charge in [-0.05, 0) is 66.1 Å². The molecule has 35 heavy (non-hydrogen) atoms. The Kier molecular flexibility index (Phi) is 5.04. The zero-order chi connectivity index (χ0) is 23.8. The van der Waals surface area contributed by atoms with Gasteiger partial charge in [0.1, 0.15) is 11.4 Å². The second-order valence-corrected chi connectivity index (χ2v) is 8.60. The molecule has 0 amide bonds. The van der Waals surface area contributed by atoms with E-state index >= 15 is 0 Å². The Bertz CT molecular complexity index is 1440. The largest absolute Gasteiger partial charge is 0.318 e. The first-order valence-corrected chi connectivity index (χ1v) is 11.5. The minimum Gasteiger partial charge on any atom is -0.318 e. The van der Waals surface area contributed by atoms with Crippen LogP contribution in [0.15, 0.2) is 107 Å². The minimum atomic E-state index is 0.638. The van der Waals surface area contributed by atoms with Crippen LogP contribution in [0.3, 0.4) is 0 Å². The molecule has 0 saturated heterocycles. The maximum atomic E-state index is 6.09. The third-order valence-corrected chi connectivity index (χ3v) is 6.21. The summed E-state index contributed by atoms with van der Waals surface area (Å²) in [6.45, 7) is 0. The van der Waals surface area contributed by atoms with E-state index in [1.165, 1.54) is 11.1 Å². The van der Waals surface area contributed by atoms with E-state index in [1.807, 2.05) is 72.8 Å².